The number of rotatable bonds is 5. The van der Waals surface area contributed by atoms with Crippen molar-refractivity contribution in [1.82, 2.24) is 20.0 Å². The third kappa shape index (κ3) is 4.10. The molecule has 6 heteroatoms. The monoisotopic (exact) mass is 304 g/mol. The highest BCUT2D eigenvalue weighted by Gasteiger charge is 2.32. The van der Waals surface area contributed by atoms with E-state index in [1.807, 2.05) is 24.9 Å². The maximum Gasteiger partial charge on any atom is 0.188 e. The topological polar surface area (TPSA) is 71.5 Å². The summed E-state index contributed by atoms with van der Waals surface area (Å²) in [4.78, 5) is 6.70. The first-order valence-corrected chi connectivity index (χ1v) is 7.85. The van der Waals surface area contributed by atoms with Gasteiger partial charge in [-0.2, -0.15) is 5.10 Å². The second-order valence-electron chi connectivity index (χ2n) is 6.25. The molecule has 6 nitrogen and oxygen atoms in total. The third-order valence-corrected chi connectivity index (χ3v) is 4.23. The van der Waals surface area contributed by atoms with E-state index < -0.39 is 0 Å². The summed E-state index contributed by atoms with van der Waals surface area (Å²) in [6.45, 7) is 8.31. The molecule has 0 aliphatic carbocycles. The van der Waals surface area contributed by atoms with Gasteiger partial charge in [0, 0.05) is 19.8 Å². The molecule has 0 saturated carbocycles. The largest absolute Gasteiger partial charge is 0.370 e. The number of nitrogens with one attached hydrogen (secondary N) is 1. The van der Waals surface area contributed by atoms with Gasteiger partial charge in [-0.1, -0.05) is 12.2 Å². The van der Waals surface area contributed by atoms with Gasteiger partial charge in [0.05, 0.1) is 18.3 Å². The normalized spacial score (nSPS) is 23.5. The van der Waals surface area contributed by atoms with Crippen molar-refractivity contribution in [3.63, 3.8) is 0 Å². The van der Waals surface area contributed by atoms with E-state index in [2.05, 4.69) is 40.0 Å². The molecule has 0 amide bonds. The van der Waals surface area contributed by atoms with Crippen molar-refractivity contribution < 1.29 is 0 Å². The zero-order valence-electron chi connectivity index (χ0n) is 13.9. The summed E-state index contributed by atoms with van der Waals surface area (Å²) in [5, 5.41) is 7.59. The van der Waals surface area contributed by atoms with Crippen LogP contribution in [-0.2, 0) is 7.05 Å². The molecule has 0 spiro atoms. The molecule has 2 heterocycles. The Morgan fingerprint density at radius 3 is 2.95 bits per heavy atom. The molecule has 1 saturated heterocycles. The third-order valence-electron chi connectivity index (χ3n) is 4.23. The highest BCUT2D eigenvalue weighted by atomic mass is 15.3. The molecule has 2 atom stereocenters. The predicted molar refractivity (Wildman–Crippen MR) is 90.6 cm³/mol. The fraction of sp³-hybridized carbons (Fsp3) is 0.625. The fourth-order valence-electron chi connectivity index (χ4n) is 3.13. The van der Waals surface area contributed by atoms with Crippen molar-refractivity contribution in [3.05, 3.63) is 30.1 Å². The lowest BCUT2D eigenvalue weighted by Gasteiger charge is -2.39. The number of guanidine groups is 1. The average Bonchev–Trinajstić information content (AvgIpc) is 2.88. The zero-order valence-corrected chi connectivity index (χ0v) is 13.9. The van der Waals surface area contributed by atoms with Gasteiger partial charge in [-0.3, -0.25) is 9.58 Å². The summed E-state index contributed by atoms with van der Waals surface area (Å²) in [5.74, 6) is 0.993. The van der Waals surface area contributed by atoms with Gasteiger partial charge >= 0.3 is 0 Å². The zero-order chi connectivity index (χ0) is 16.1. The number of aryl methyl sites for hydroxylation is 1. The van der Waals surface area contributed by atoms with Gasteiger partial charge in [-0.05, 0) is 45.3 Å². The molecule has 1 fully saturated rings. The van der Waals surface area contributed by atoms with Crippen LogP contribution in [0.2, 0.25) is 0 Å². The minimum Gasteiger partial charge on any atom is -0.370 e. The summed E-state index contributed by atoms with van der Waals surface area (Å²) in [6, 6.07) is 2.47. The molecule has 1 aliphatic rings. The number of aromatic nitrogens is 2. The number of likely N-dealkylation sites (tertiary alicyclic amines) is 1. The Kier molecular flexibility index (Phi) is 5.60. The van der Waals surface area contributed by atoms with Crippen LogP contribution in [-0.4, -0.2) is 47.3 Å². The minimum atomic E-state index is 0.364. The number of aliphatic imine (C=N–C) groups is 1. The molecular weight excluding hydrogens is 276 g/mol. The Hall–Kier alpha value is -1.82. The maximum atomic E-state index is 5.93. The first-order chi connectivity index (χ1) is 10.5. The number of nitrogens with zero attached hydrogens (tertiary/aromatic N) is 4. The van der Waals surface area contributed by atoms with Crippen molar-refractivity contribution in [2.45, 2.75) is 25.8 Å². The van der Waals surface area contributed by atoms with E-state index in [-0.39, 0.29) is 0 Å². The van der Waals surface area contributed by atoms with E-state index in [4.69, 9.17) is 5.73 Å². The molecule has 0 bridgehead atoms. The quantitative estimate of drug-likeness (QED) is 0.488. The van der Waals surface area contributed by atoms with Crippen LogP contribution in [0, 0.1) is 5.92 Å². The van der Waals surface area contributed by atoms with Crippen molar-refractivity contribution in [2.75, 3.05) is 26.7 Å². The highest BCUT2D eigenvalue weighted by Crippen LogP contribution is 2.34. The van der Waals surface area contributed by atoms with E-state index in [1.54, 1.807) is 0 Å². The molecule has 122 valence electrons. The van der Waals surface area contributed by atoms with Crippen LogP contribution in [0.25, 0.3) is 0 Å². The lowest BCUT2D eigenvalue weighted by atomic mass is 9.87. The number of nitrogens with two attached hydrogens (primary N) is 1. The molecule has 0 aromatic carbocycles. The van der Waals surface area contributed by atoms with Gasteiger partial charge < -0.3 is 11.1 Å². The van der Waals surface area contributed by atoms with Crippen LogP contribution < -0.4 is 11.1 Å². The second kappa shape index (κ2) is 7.45. The summed E-state index contributed by atoms with van der Waals surface area (Å²) >= 11 is 0. The Morgan fingerprint density at radius 1 is 1.55 bits per heavy atom. The summed E-state index contributed by atoms with van der Waals surface area (Å²) in [6.07, 6.45) is 4.26. The second-order valence-corrected chi connectivity index (χ2v) is 6.25. The predicted octanol–water partition coefficient (Wildman–Crippen LogP) is 1.28. The molecule has 1 aromatic heterocycles. The standard InChI is InChI=1S/C16H28N6/c1-12(2)10-18-16(17)19-11-13-6-5-9-21(3)15(13)14-7-8-20-22(14)4/h7-8,13,15H,1,5-6,9-11H2,2-4H3,(H3,17,18,19)/t13-,15+/m0/s1. The van der Waals surface area contributed by atoms with Crippen LogP contribution in [0.3, 0.4) is 0 Å². The van der Waals surface area contributed by atoms with Crippen LogP contribution in [0.5, 0.6) is 0 Å². The van der Waals surface area contributed by atoms with Gasteiger partial charge in [0.25, 0.3) is 0 Å². The molecule has 3 N–H and O–H groups in total. The van der Waals surface area contributed by atoms with Crippen LogP contribution in [0.15, 0.2) is 29.4 Å². The Morgan fingerprint density at radius 2 is 2.32 bits per heavy atom. The Labute approximate surface area is 133 Å². The van der Waals surface area contributed by atoms with Crippen molar-refractivity contribution in [1.29, 1.82) is 0 Å². The highest BCUT2D eigenvalue weighted by molar-refractivity contribution is 5.77. The number of hydrogen-bond donors (Lipinski definition) is 2. The van der Waals surface area contributed by atoms with Gasteiger partial charge in [-0.15, -0.1) is 0 Å². The van der Waals surface area contributed by atoms with Crippen LogP contribution >= 0.6 is 0 Å². The summed E-state index contributed by atoms with van der Waals surface area (Å²) < 4.78 is 1.97. The molecule has 0 unspecified atom stereocenters. The van der Waals surface area contributed by atoms with E-state index in [1.165, 1.54) is 18.5 Å². The van der Waals surface area contributed by atoms with Gasteiger partial charge in [0.1, 0.15) is 0 Å². The van der Waals surface area contributed by atoms with Crippen LogP contribution in [0.4, 0.5) is 0 Å². The smallest absolute Gasteiger partial charge is 0.188 e. The molecular formula is C16H28N6. The molecule has 1 aromatic rings. The Bertz CT molecular complexity index is 532. The first kappa shape index (κ1) is 16.5. The van der Waals surface area contributed by atoms with Gasteiger partial charge in [-0.25, -0.2) is 4.99 Å². The van der Waals surface area contributed by atoms with E-state index >= 15 is 0 Å². The lowest BCUT2D eigenvalue weighted by molar-refractivity contribution is 0.116. The Balaban J connectivity index is 2.02. The average molecular weight is 304 g/mol. The molecule has 0 radical (unpaired) electrons. The molecule has 22 heavy (non-hydrogen) atoms. The van der Waals surface area contributed by atoms with Crippen molar-refractivity contribution >= 4 is 5.96 Å². The summed E-state index contributed by atoms with van der Waals surface area (Å²) in [7, 11) is 4.19. The van der Waals surface area contributed by atoms with Crippen molar-refractivity contribution in [3.8, 4) is 0 Å². The van der Waals surface area contributed by atoms with E-state index in [0.29, 0.717) is 24.5 Å². The van der Waals surface area contributed by atoms with Gasteiger partial charge in [0.15, 0.2) is 5.96 Å². The summed E-state index contributed by atoms with van der Waals surface area (Å²) in [5.41, 5.74) is 8.20. The van der Waals surface area contributed by atoms with Crippen molar-refractivity contribution in [2.24, 2.45) is 23.7 Å². The SMILES string of the molecule is C=C(C)CN=C(N)NC[C@@H]1CCCN(C)[C@H]1c1ccnn1C. The lowest BCUT2D eigenvalue weighted by Crippen LogP contribution is -2.44. The maximum absolute atomic E-state index is 5.93. The minimum absolute atomic E-state index is 0.364. The molecule has 1 aliphatic heterocycles. The fourth-order valence-corrected chi connectivity index (χ4v) is 3.13. The molecule has 2 rings (SSSR count). The first-order valence-electron chi connectivity index (χ1n) is 7.85. The number of piperidine rings is 1. The van der Waals surface area contributed by atoms with Gasteiger partial charge in [0.2, 0.25) is 0 Å². The number of hydrogen-bond acceptors (Lipinski definition) is 3. The van der Waals surface area contributed by atoms with E-state index in [0.717, 1.165) is 18.7 Å². The van der Waals surface area contributed by atoms with Crippen LogP contribution in [0.1, 0.15) is 31.5 Å². The van der Waals surface area contributed by atoms with E-state index in [9.17, 15) is 0 Å².